The van der Waals surface area contributed by atoms with Gasteiger partial charge in [-0.2, -0.15) is 0 Å². The number of rotatable bonds is 2. The summed E-state index contributed by atoms with van der Waals surface area (Å²) < 4.78 is 0. The molecule has 1 aromatic rings. The average molecular weight is 227 g/mol. The number of hydrogen-bond acceptors (Lipinski definition) is 1. The lowest BCUT2D eigenvalue weighted by atomic mass is 9.88. The van der Waals surface area contributed by atoms with Gasteiger partial charge in [0, 0.05) is 4.91 Å². The molecule has 1 unspecified atom stereocenters. The summed E-state index contributed by atoms with van der Waals surface area (Å²) in [6, 6.07) is 6.45. The van der Waals surface area contributed by atoms with E-state index >= 15 is 0 Å². The fourth-order valence-electron chi connectivity index (χ4n) is 2.27. The Kier molecular flexibility index (Phi) is 3.50. The van der Waals surface area contributed by atoms with Crippen LogP contribution in [0.15, 0.2) is 29.4 Å². The summed E-state index contributed by atoms with van der Waals surface area (Å²) in [5.41, 5.74) is 13.6. The Morgan fingerprint density at radius 3 is 2.82 bits per heavy atom. The zero-order valence-corrected chi connectivity index (χ0v) is 10.3. The second-order valence-electron chi connectivity index (χ2n) is 4.61. The molecule has 1 aliphatic carbocycles. The molecule has 0 fully saturated rings. The normalized spacial score (nSPS) is 19.4. The van der Waals surface area contributed by atoms with Crippen molar-refractivity contribution in [2.75, 3.05) is 0 Å². The van der Waals surface area contributed by atoms with Gasteiger partial charge in [0.2, 0.25) is 0 Å². The summed E-state index contributed by atoms with van der Waals surface area (Å²) in [5, 5.41) is 3.91. The summed E-state index contributed by atoms with van der Waals surface area (Å²) in [4.78, 5) is 2.96. The molecule has 0 amide bonds. The number of hydrogen-bond donors (Lipinski definition) is 0. The highest BCUT2D eigenvalue weighted by atomic mass is 15.1. The lowest BCUT2D eigenvalue weighted by Gasteiger charge is -2.21. The van der Waals surface area contributed by atoms with Crippen LogP contribution in [0, 0.1) is 13.8 Å². The van der Waals surface area contributed by atoms with E-state index in [9.17, 15) is 0 Å². The van der Waals surface area contributed by atoms with Crippen LogP contribution in [0.1, 0.15) is 36.0 Å². The lowest BCUT2D eigenvalue weighted by Crippen LogP contribution is -2.10. The van der Waals surface area contributed by atoms with Gasteiger partial charge in [-0.1, -0.05) is 29.4 Å². The van der Waals surface area contributed by atoms with Crippen molar-refractivity contribution in [1.29, 1.82) is 0 Å². The van der Waals surface area contributed by atoms with E-state index < -0.39 is 0 Å². The van der Waals surface area contributed by atoms with Crippen LogP contribution in [-0.4, -0.2) is 6.04 Å². The third-order valence-electron chi connectivity index (χ3n) is 3.44. The van der Waals surface area contributed by atoms with E-state index in [0.717, 1.165) is 19.3 Å². The highest BCUT2D eigenvalue weighted by Gasteiger charge is 2.17. The molecule has 0 heterocycles. The van der Waals surface area contributed by atoms with Crippen LogP contribution in [0.3, 0.4) is 0 Å². The predicted octanol–water partition coefficient (Wildman–Crippen LogP) is 4.55. The first-order chi connectivity index (χ1) is 8.22. The van der Waals surface area contributed by atoms with Crippen molar-refractivity contribution in [2.24, 2.45) is 5.11 Å². The largest absolute Gasteiger partial charge is 0.0859 e. The Morgan fingerprint density at radius 2 is 2.12 bits per heavy atom. The Morgan fingerprint density at radius 1 is 1.29 bits per heavy atom. The van der Waals surface area contributed by atoms with Gasteiger partial charge in [0.1, 0.15) is 0 Å². The minimum atomic E-state index is 0.0101. The highest BCUT2D eigenvalue weighted by Crippen LogP contribution is 2.30. The Balaban J connectivity index is 2.39. The third-order valence-corrected chi connectivity index (χ3v) is 3.44. The van der Waals surface area contributed by atoms with Crippen LogP contribution in [0.2, 0.25) is 0 Å². The van der Waals surface area contributed by atoms with Gasteiger partial charge in [-0.05, 0) is 60.9 Å². The van der Waals surface area contributed by atoms with Crippen LogP contribution in [0.25, 0.3) is 16.0 Å². The quantitative estimate of drug-likeness (QED) is 0.404. The molecule has 0 spiro atoms. The molecule has 0 bridgehead atoms. The first-order valence-electron chi connectivity index (χ1n) is 6.04. The van der Waals surface area contributed by atoms with Gasteiger partial charge in [0.15, 0.2) is 0 Å². The van der Waals surface area contributed by atoms with Gasteiger partial charge >= 0.3 is 0 Å². The first kappa shape index (κ1) is 11.7. The minimum absolute atomic E-state index is 0.0101. The Bertz CT molecular complexity index is 496. The summed E-state index contributed by atoms with van der Waals surface area (Å²) in [5.74, 6) is 0. The fraction of sp³-hybridized carbons (Fsp3) is 0.429. The molecule has 2 rings (SSSR count). The fourth-order valence-corrected chi connectivity index (χ4v) is 2.27. The summed E-state index contributed by atoms with van der Waals surface area (Å²) in [6.45, 7) is 4.23. The van der Waals surface area contributed by atoms with Crippen molar-refractivity contribution in [1.82, 2.24) is 0 Å². The van der Waals surface area contributed by atoms with E-state index in [1.807, 2.05) is 0 Å². The number of nitrogens with zero attached hydrogens (tertiary/aromatic N) is 3. The maximum atomic E-state index is 8.61. The first-order valence-corrected chi connectivity index (χ1v) is 6.04. The average Bonchev–Trinajstić information content (AvgIpc) is 2.34. The summed E-state index contributed by atoms with van der Waals surface area (Å²) in [6.07, 6.45) is 5.37. The van der Waals surface area contributed by atoms with Gasteiger partial charge in [0.05, 0.1) is 6.04 Å². The Labute approximate surface area is 102 Å². The van der Waals surface area contributed by atoms with Gasteiger partial charge in [-0.25, -0.2) is 0 Å². The molecule has 88 valence electrons. The van der Waals surface area contributed by atoms with Gasteiger partial charge < -0.3 is 0 Å². The monoisotopic (exact) mass is 227 g/mol. The zero-order chi connectivity index (χ0) is 12.3. The summed E-state index contributed by atoms with van der Waals surface area (Å²) >= 11 is 0. The molecule has 0 aliphatic heterocycles. The van der Waals surface area contributed by atoms with Crippen molar-refractivity contribution in [2.45, 2.75) is 39.2 Å². The number of aryl methyl sites for hydroxylation is 2. The minimum Gasteiger partial charge on any atom is -0.0859 e. The van der Waals surface area contributed by atoms with E-state index in [1.54, 1.807) is 0 Å². The number of benzene rings is 1. The summed E-state index contributed by atoms with van der Waals surface area (Å²) in [7, 11) is 0. The maximum absolute atomic E-state index is 8.61. The third kappa shape index (κ3) is 2.51. The molecule has 0 saturated heterocycles. The highest BCUT2D eigenvalue weighted by molar-refractivity contribution is 5.71. The predicted molar refractivity (Wildman–Crippen MR) is 70.7 cm³/mol. The molecule has 0 radical (unpaired) electrons. The van der Waals surface area contributed by atoms with E-state index in [2.05, 4.69) is 48.1 Å². The molecule has 1 aromatic carbocycles. The van der Waals surface area contributed by atoms with Crippen molar-refractivity contribution in [3.05, 3.63) is 51.4 Å². The van der Waals surface area contributed by atoms with Crippen LogP contribution in [0.5, 0.6) is 0 Å². The van der Waals surface area contributed by atoms with E-state index in [1.165, 1.54) is 22.3 Å². The van der Waals surface area contributed by atoms with Gasteiger partial charge in [-0.3, -0.25) is 0 Å². The molecular formula is C14H17N3. The molecule has 1 atom stereocenters. The number of azide groups is 1. The standard InChI is InChI=1S/C14H17N3/c1-10-7-8-12(9-11(10)2)13-5-3-4-6-14(13)16-17-15/h5,7-9,14H,3-4,6H2,1-2H3. The lowest BCUT2D eigenvalue weighted by molar-refractivity contribution is 0.657. The zero-order valence-electron chi connectivity index (χ0n) is 10.3. The second-order valence-corrected chi connectivity index (χ2v) is 4.61. The van der Waals surface area contributed by atoms with E-state index in [4.69, 9.17) is 5.53 Å². The second kappa shape index (κ2) is 5.07. The molecule has 3 heteroatoms. The van der Waals surface area contributed by atoms with Crippen molar-refractivity contribution >= 4 is 5.57 Å². The molecule has 17 heavy (non-hydrogen) atoms. The molecule has 3 nitrogen and oxygen atoms in total. The van der Waals surface area contributed by atoms with Crippen molar-refractivity contribution in [3.63, 3.8) is 0 Å². The Hall–Kier alpha value is -1.73. The van der Waals surface area contributed by atoms with Gasteiger partial charge in [0.25, 0.3) is 0 Å². The van der Waals surface area contributed by atoms with Crippen LogP contribution in [0.4, 0.5) is 0 Å². The molecule has 0 saturated carbocycles. The van der Waals surface area contributed by atoms with Crippen LogP contribution in [-0.2, 0) is 0 Å². The van der Waals surface area contributed by atoms with Gasteiger partial charge in [-0.15, -0.1) is 0 Å². The molecule has 1 aliphatic rings. The number of allylic oxidation sites excluding steroid dienone is 1. The van der Waals surface area contributed by atoms with Crippen molar-refractivity contribution < 1.29 is 0 Å². The van der Waals surface area contributed by atoms with E-state index in [-0.39, 0.29) is 6.04 Å². The van der Waals surface area contributed by atoms with Crippen LogP contribution < -0.4 is 0 Å². The topological polar surface area (TPSA) is 48.8 Å². The smallest absolute Gasteiger partial charge is 0.0628 e. The molecule has 0 N–H and O–H groups in total. The van der Waals surface area contributed by atoms with Crippen LogP contribution >= 0.6 is 0 Å². The molecular weight excluding hydrogens is 210 g/mol. The van der Waals surface area contributed by atoms with Crippen molar-refractivity contribution in [3.8, 4) is 0 Å². The maximum Gasteiger partial charge on any atom is 0.0628 e. The van der Waals surface area contributed by atoms with E-state index in [0.29, 0.717) is 0 Å². The SMILES string of the molecule is Cc1ccc(C2=CCCCC2N=[N+]=[N-])cc1C. The molecule has 0 aromatic heterocycles.